The van der Waals surface area contributed by atoms with E-state index < -0.39 is 35.6 Å². The first-order valence-corrected chi connectivity index (χ1v) is 11.1. The van der Waals surface area contributed by atoms with Crippen molar-refractivity contribution >= 4 is 11.9 Å². The van der Waals surface area contributed by atoms with Gasteiger partial charge in [-0.2, -0.15) is 0 Å². The van der Waals surface area contributed by atoms with Gasteiger partial charge in [-0.1, -0.05) is 12.1 Å². The van der Waals surface area contributed by atoms with E-state index in [2.05, 4.69) is 0 Å². The average Bonchev–Trinajstić information content (AvgIpc) is 2.90. The van der Waals surface area contributed by atoms with Gasteiger partial charge in [0.2, 0.25) is 11.5 Å². The van der Waals surface area contributed by atoms with Crippen LogP contribution in [0.2, 0.25) is 0 Å². The van der Waals surface area contributed by atoms with Crippen LogP contribution in [0.3, 0.4) is 0 Å². The second-order valence-electron chi connectivity index (χ2n) is 8.00. The summed E-state index contributed by atoms with van der Waals surface area (Å²) in [6.07, 6.45) is 0. The number of benzene rings is 2. The molecule has 36 heavy (non-hydrogen) atoms. The molecule has 10 nitrogen and oxygen atoms in total. The fourth-order valence-electron chi connectivity index (χ4n) is 5.15. The van der Waals surface area contributed by atoms with E-state index in [1.54, 1.807) is 24.3 Å². The predicted molar refractivity (Wildman–Crippen MR) is 129 cm³/mol. The van der Waals surface area contributed by atoms with Crippen LogP contribution in [0.25, 0.3) is 0 Å². The van der Waals surface area contributed by atoms with Crippen LogP contribution in [-0.2, 0) is 19.1 Å². The van der Waals surface area contributed by atoms with E-state index in [-0.39, 0.29) is 0 Å². The van der Waals surface area contributed by atoms with E-state index >= 15 is 0 Å². The minimum Gasteiger partial charge on any atom is -0.493 e. The standard InChI is InChI=1S/C26H32O10/c1-29-15-11-9-13(21(31-3)23(15)33-5)17-18(20(26(28)36-8)19(17)25(27)35-7)14-10-12-16(30-2)24(34-6)22(14)32-4/h9-12,17-20H,1-8H3/t17-,18-,19+,20+/m1/s1. The third-order valence-corrected chi connectivity index (χ3v) is 6.68. The third-order valence-electron chi connectivity index (χ3n) is 6.68. The van der Waals surface area contributed by atoms with Crippen LogP contribution in [0.5, 0.6) is 34.5 Å². The molecule has 0 unspecified atom stereocenters. The highest BCUT2D eigenvalue weighted by molar-refractivity contribution is 5.88. The van der Waals surface area contributed by atoms with Gasteiger partial charge in [0.05, 0.1) is 68.7 Å². The Balaban J connectivity index is 2.33. The highest BCUT2D eigenvalue weighted by Crippen LogP contribution is 2.63. The minimum atomic E-state index is -0.864. The zero-order chi connectivity index (χ0) is 26.6. The van der Waals surface area contributed by atoms with Crippen molar-refractivity contribution in [2.75, 3.05) is 56.9 Å². The first-order valence-electron chi connectivity index (χ1n) is 11.1. The van der Waals surface area contributed by atoms with Crippen LogP contribution in [0, 0.1) is 11.8 Å². The number of esters is 2. The number of methoxy groups -OCH3 is 8. The highest BCUT2D eigenvalue weighted by Gasteiger charge is 2.61. The number of hydrogen-bond acceptors (Lipinski definition) is 10. The maximum absolute atomic E-state index is 13.0. The lowest BCUT2D eigenvalue weighted by Crippen LogP contribution is -2.52. The summed E-state index contributed by atoms with van der Waals surface area (Å²) in [5.74, 6) is -1.58. The van der Waals surface area contributed by atoms with Gasteiger partial charge < -0.3 is 37.9 Å². The summed E-state index contributed by atoms with van der Waals surface area (Å²) in [7, 11) is 11.6. The van der Waals surface area contributed by atoms with E-state index in [1.165, 1.54) is 56.9 Å². The van der Waals surface area contributed by atoms with Gasteiger partial charge in [-0.15, -0.1) is 0 Å². The Kier molecular flexibility index (Phi) is 8.39. The molecule has 0 N–H and O–H groups in total. The molecule has 4 atom stereocenters. The summed E-state index contributed by atoms with van der Waals surface area (Å²) < 4.78 is 43.6. The molecule has 0 heterocycles. The summed E-state index contributed by atoms with van der Waals surface area (Å²) in [5, 5.41) is 0. The maximum atomic E-state index is 13.0. The SMILES string of the molecule is COC(=O)[C@@H]1[C@@H](C(=O)OC)[C@H](c2ccc(OC)c(OC)c2OC)[C@H]1c1ccc(OC)c(OC)c1OC. The van der Waals surface area contributed by atoms with Crippen molar-refractivity contribution < 1.29 is 47.5 Å². The molecular weight excluding hydrogens is 472 g/mol. The lowest BCUT2D eigenvalue weighted by molar-refractivity contribution is -0.168. The van der Waals surface area contributed by atoms with Gasteiger partial charge in [0.25, 0.3) is 0 Å². The number of rotatable bonds is 10. The van der Waals surface area contributed by atoms with Crippen molar-refractivity contribution in [2.24, 2.45) is 11.8 Å². The molecular formula is C26H32O10. The summed E-state index contributed by atoms with van der Waals surface area (Å²) in [6, 6.07) is 7.02. The van der Waals surface area contributed by atoms with Crippen LogP contribution in [0.1, 0.15) is 23.0 Å². The molecule has 0 aliphatic heterocycles. The number of hydrogen-bond donors (Lipinski definition) is 0. The molecule has 1 fully saturated rings. The quantitative estimate of drug-likeness (QED) is 0.448. The molecule has 1 aliphatic carbocycles. The molecule has 0 aromatic heterocycles. The number of ether oxygens (including phenoxy) is 8. The molecule has 0 radical (unpaired) electrons. The van der Waals surface area contributed by atoms with Gasteiger partial charge in [0.1, 0.15) is 0 Å². The number of carbonyl (C=O) groups excluding carboxylic acids is 2. The summed E-state index contributed by atoms with van der Waals surface area (Å²) in [5.41, 5.74) is 1.26. The Morgan fingerprint density at radius 1 is 0.500 bits per heavy atom. The van der Waals surface area contributed by atoms with Gasteiger partial charge in [0, 0.05) is 23.0 Å². The normalized spacial score (nSPS) is 20.4. The van der Waals surface area contributed by atoms with Crippen LogP contribution in [-0.4, -0.2) is 68.8 Å². The van der Waals surface area contributed by atoms with E-state index in [0.717, 1.165) is 0 Å². The van der Waals surface area contributed by atoms with Crippen molar-refractivity contribution in [3.63, 3.8) is 0 Å². The Hall–Kier alpha value is -3.82. The summed E-state index contributed by atoms with van der Waals surface area (Å²) in [6.45, 7) is 0. The molecule has 0 spiro atoms. The Morgan fingerprint density at radius 3 is 1.08 bits per heavy atom. The monoisotopic (exact) mass is 504 g/mol. The van der Waals surface area contributed by atoms with Gasteiger partial charge >= 0.3 is 11.9 Å². The molecule has 1 aliphatic rings. The average molecular weight is 505 g/mol. The second-order valence-corrected chi connectivity index (χ2v) is 8.00. The highest BCUT2D eigenvalue weighted by atomic mass is 16.5. The molecule has 3 rings (SSSR count). The maximum Gasteiger partial charge on any atom is 0.310 e. The first-order chi connectivity index (χ1) is 17.4. The lowest BCUT2D eigenvalue weighted by atomic mass is 9.52. The molecule has 196 valence electrons. The molecule has 0 bridgehead atoms. The van der Waals surface area contributed by atoms with Gasteiger partial charge in [0.15, 0.2) is 23.0 Å². The second kappa shape index (κ2) is 11.3. The van der Waals surface area contributed by atoms with E-state index in [9.17, 15) is 9.59 Å². The third kappa shape index (κ3) is 4.20. The largest absolute Gasteiger partial charge is 0.493 e. The minimum absolute atomic E-state index is 0.362. The van der Waals surface area contributed by atoms with E-state index in [1.807, 2.05) is 0 Å². The van der Waals surface area contributed by atoms with Crippen molar-refractivity contribution in [1.82, 2.24) is 0 Å². The first kappa shape index (κ1) is 26.8. The van der Waals surface area contributed by atoms with Crippen molar-refractivity contribution in [3.05, 3.63) is 35.4 Å². The van der Waals surface area contributed by atoms with Crippen LogP contribution < -0.4 is 28.4 Å². The molecule has 2 aromatic carbocycles. The van der Waals surface area contributed by atoms with Crippen molar-refractivity contribution in [2.45, 2.75) is 11.8 Å². The van der Waals surface area contributed by atoms with Gasteiger partial charge in [-0.25, -0.2) is 0 Å². The zero-order valence-corrected chi connectivity index (χ0v) is 21.7. The van der Waals surface area contributed by atoms with Crippen LogP contribution in [0.4, 0.5) is 0 Å². The Bertz CT molecular complexity index is 1020. The summed E-state index contributed by atoms with van der Waals surface area (Å²) >= 11 is 0. The van der Waals surface area contributed by atoms with Crippen LogP contribution >= 0.6 is 0 Å². The number of carbonyl (C=O) groups is 2. The smallest absolute Gasteiger partial charge is 0.310 e. The molecule has 0 saturated heterocycles. The van der Waals surface area contributed by atoms with Crippen molar-refractivity contribution in [3.8, 4) is 34.5 Å². The van der Waals surface area contributed by atoms with E-state index in [4.69, 9.17) is 37.9 Å². The molecule has 0 amide bonds. The molecule has 2 aromatic rings. The Morgan fingerprint density at radius 2 is 0.833 bits per heavy atom. The van der Waals surface area contributed by atoms with Gasteiger partial charge in [-0.05, 0) is 12.1 Å². The topological polar surface area (TPSA) is 108 Å². The Labute approximate surface area is 210 Å². The predicted octanol–water partition coefficient (Wildman–Crippen LogP) is 3.20. The molecule has 1 saturated carbocycles. The molecule has 10 heteroatoms. The lowest BCUT2D eigenvalue weighted by Gasteiger charge is -2.49. The van der Waals surface area contributed by atoms with Crippen molar-refractivity contribution in [1.29, 1.82) is 0 Å². The fourth-order valence-corrected chi connectivity index (χ4v) is 5.15. The fraction of sp³-hybridized carbons (Fsp3) is 0.462. The summed E-state index contributed by atoms with van der Waals surface area (Å²) in [4.78, 5) is 26.1. The van der Waals surface area contributed by atoms with Crippen LogP contribution in [0.15, 0.2) is 24.3 Å². The zero-order valence-electron chi connectivity index (χ0n) is 21.7. The van der Waals surface area contributed by atoms with Gasteiger partial charge in [-0.3, -0.25) is 9.59 Å². The van der Waals surface area contributed by atoms with E-state index in [0.29, 0.717) is 45.6 Å².